The van der Waals surface area contributed by atoms with Crippen molar-refractivity contribution in [2.75, 3.05) is 32.0 Å². The number of carbonyl (C=O) groups is 4. The molecule has 4 rings (SSSR count). The number of ether oxygens (including phenoxy) is 3. The molecular formula is C45H53ClN8O8S. The van der Waals surface area contributed by atoms with Gasteiger partial charge in [-0.05, 0) is 73.2 Å². The van der Waals surface area contributed by atoms with Crippen molar-refractivity contribution in [2.24, 2.45) is 29.2 Å². The Bertz CT molecular complexity index is 2270. The van der Waals surface area contributed by atoms with Gasteiger partial charge in [0.15, 0.2) is 6.10 Å². The summed E-state index contributed by atoms with van der Waals surface area (Å²) in [6.45, 7) is 15.1. The molecule has 18 heteroatoms. The van der Waals surface area contributed by atoms with Crippen LogP contribution in [0.1, 0.15) is 71.1 Å². The molecule has 0 aliphatic carbocycles. The number of hydrogen-bond acceptors (Lipinski definition) is 15. The molecule has 2 heterocycles. The molecule has 0 saturated carbocycles. The molecule has 0 spiro atoms. The lowest BCUT2D eigenvalue weighted by Crippen LogP contribution is -2.45. The van der Waals surface area contributed by atoms with Gasteiger partial charge in [-0.25, -0.2) is 19.6 Å². The maximum atomic E-state index is 13.6. The maximum Gasteiger partial charge on any atom is 0.329 e. The van der Waals surface area contributed by atoms with E-state index in [0.717, 1.165) is 5.56 Å². The Hall–Kier alpha value is -5.98. The Morgan fingerprint density at radius 3 is 2.22 bits per heavy atom. The van der Waals surface area contributed by atoms with Gasteiger partial charge in [-0.3, -0.25) is 14.4 Å². The number of nitrogens with one attached hydrogen (secondary N) is 1. The molecule has 63 heavy (non-hydrogen) atoms. The third-order valence-corrected chi connectivity index (χ3v) is 10.6. The van der Waals surface area contributed by atoms with Crippen LogP contribution >= 0.6 is 23.4 Å². The minimum Gasteiger partial charge on any atom is -0.490 e. The molecule has 0 radical (unpaired) electrons. The van der Waals surface area contributed by atoms with Crippen LogP contribution in [0.2, 0.25) is 5.02 Å². The number of carbonyl (C=O) groups excluding carboxylic acids is 4. The number of thioether (sulfide) groups is 1. The van der Waals surface area contributed by atoms with E-state index in [0.29, 0.717) is 39.4 Å². The normalized spacial score (nSPS) is 12.5. The zero-order valence-electron chi connectivity index (χ0n) is 35.7. The summed E-state index contributed by atoms with van der Waals surface area (Å²) in [7, 11) is 0. The second-order valence-electron chi connectivity index (χ2n) is 15.5. The molecule has 0 unspecified atom stereocenters. The topological polar surface area (TPSA) is 253 Å². The van der Waals surface area contributed by atoms with Gasteiger partial charge in [-0.15, -0.1) is 0 Å². The van der Waals surface area contributed by atoms with Gasteiger partial charge in [-0.2, -0.15) is 5.26 Å². The molecule has 334 valence electrons. The minimum absolute atomic E-state index is 0.000162. The number of nitrogens with two attached hydrogens (primary N) is 3. The van der Waals surface area contributed by atoms with E-state index in [9.17, 15) is 24.4 Å². The summed E-state index contributed by atoms with van der Waals surface area (Å²) in [6, 6.07) is 14.7. The number of pyridine rings is 1. The van der Waals surface area contributed by atoms with Gasteiger partial charge in [0.05, 0.1) is 23.7 Å². The molecule has 0 saturated heterocycles. The molecule has 0 aliphatic rings. The number of nitriles is 1. The lowest BCUT2D eigenvalue weighted by Gasteiger charge is -2.25. The number of aromatic nitrogens is 2. The first-order valence-electron chi connectivity index (χ1n) is 20.4. The quantitative estimate of drug-likeness (QED) is 0.0313. The number of amides is 1. The molecular weight excluding hydrogens is 848 g/mol. The summed E-state index contributed by atoms with van der Waals surface area (Å²) in [5, 5.41) is 13.9. The summed E-state index contributed by atoms with van der Waals surface area (Å²) in [5.41, 5.74) is 19.6. The van der Waals surface area contributed by atoms with Gasteiger partial charge in [0, 0.05) is 47.7 Å². The lowest BCUT2D eigenvalue weighted by molar-refractivity contribution is -0.165. The number of anilines is 1. The molecule has 2 aromatic heterocycles. The molecule has 0 fully saturated rings. The number of esters is 2. The van der Waals surface area contributed by atoms with Crippen LogP contribution in [0.5, 0.6) is 5.75 Å². The average Bonchev–Trinajstić information content (AvgIpc) is 3.72. The molecule has 3 atom stereocenters. The number of halogens is 1. The molecule has 0 bridgehead atoms. The molecule has 16 nitrogen and oxygen atoms in total. The van der Waals surface area contributed by atoms with Crippen LogP contribution in [-0.4, -0.2) is 72.0 Å². The Morgan fingerprint density at radius 1 is 0.937 bits per heavy atom. The first-order valence-corrected chi connectivity index (χ1v) is 21.8. The predicted molar refractivity (Wildman–Crippen MR) is 239 cm³/mol. The SMILES string of the molecule is [C-]#[N+]c1c(N)nc(SCc2coc(-c3ccc(Cl)cc3)n2)c(C#N)c1-c1ccc(OC[C@@H](COC(=O)[C@@H](CC(=O)CCN)CC(C)C)OC(=O)[C@H](CC(C)C)NC(=O)CCN)cc1. The fourth-order valence-corrected chi connectivity index (χ4v) is 7.43. The largest absolute Gasteiger partial charge is 0.490 e. The van der Waals surface area contributed by atoms with E-state index < -0.39 is 42.5 Å². The highest BCUT2D eigenvalue weighted by molar-refractivity contribution is 7.98. The van der Waals surface area contributed by atoms with Gasteiger partial charge in [-0.1, -0.05) is 63.2 Å². The standard InChI is InChI=1S/C45H53ClN8O8S/c1-26(2)18-30(20-33(55)14-16-47)44(57)61-24-35(62-45(58)37(19-27(3)4)53-38(56)15-17-48)23-59-34-12-8-28(9-13-34)39-36(21-49)43(54-41(50)40(39)51-5)63-25-32-22-60-42(52-32)29-6-10-31(46)11-7-29/h6-13,22,26-27,30,35,37H,14-20,23-25,47-48H2,1-4H3,(H2,50,54)(H,53,56)/t30-,35+,37+/m1/s1. The van der Waals surface area contributed by atoms with E-state index in [-0.39, 0.29) is 91.4 Å². The van der Waals surface area contributed by atoms with Crippen molar-refractivity contribution in [3.05, 3.63) is 82.5 Å². The van der Waals surface area contributed by atoms with Crippen molar-refractivity contribution in [3.8, 4) is 34.4 Å². The Labute approximate surface area is 376 Å². The van der Waals surface area contributed by atoms with Crippen molar-refractivity contribution in [1.82, 2.24) is 15.3 Å². The van der Waals surface area contributed by atoms with E-state index in [1.807, 2.05) is 27.7 Å². The number of nitrogen functional groups attached to an aromatic ring is 1. The monoisotopic (exact) mass is 900 g/mol. The Morgan fingerprint density at radius 2 is 1.60 bits per heavy atom. The van der Waals surface area contributed by atoms with Crippen LogP contribution in [0.4, 0.5) is 11.5 Å². The van der Waals surface area contributed by atoms with Gasteiger partial charge in [0.2, 0.25) is 17.5 Å². The Balaban J connectivity index is 1.55. The smallest absolute Gasteiger partial charge is 0.329 e. The minimum atomic E-state index is -1.13. The number of ketones is 1. The molecule has 1 amide bonds. The van der Waals surface area contributed by atoms with Crippen LogP contribution < -0.4 is 27.3 Å². The molecule has 2 aromatic carbocycles. The number of Topliss-reactive ketones (excluding diaryl/α,β-unsaturated/α-hetero) is 1. The zero-order chi connectivity index (χ0) is 46.1. The van der Waals surface area contributed by atoms with Crippen molar-refractivity contribution in [3.63, 3.8) is 0 Å². The zero-order valence-corrected chi connectivity index (χ0v) is 37.3. The van der Waals surface area contributed by atoms with Crippen molar-refractivity contribution >= 4 is 58.5 Å². The third kappa shape index (κ3) is 15.1. The summed E-state index contributed by atoms with van der Waals surface area (Å²) in [5.74, 6) is -1.66. The average molecular weight is 901 g/mol. The Kier molecular flexibility index (Phi) is 19.4. The van der Waals surface area contributed by atoms with Gasteiger partial charge >= 0.3 is 11.9 Å². The van der Waals surface area contributed by atoms with Crippen LogP contribution in [0.25, 0.3) is 27.4 Å². The predicted octanol–water partition coefficient (Wildman–Crippen LogP) is 7.04. The highest BCUT2D eigenvalue weighted by Crippen LogP contribution is 2.42. The first-order chi connectivity index (χ1) is 30.1. The number of nitrogens with zero attached hydrogens (tertiary/aromatic N) is 4. The molecule has 0 aliphatic heterocycles. The summed E-state index contributed by atoms with van der Waals surface area (Å²) in [4.78, 5) is 64.4. The lowest BCUT2D eigenvalue weighted by atomic mass is 9.92. The van der Waals surface area contributed by atoms with Crippen molar-refractivity contribution < 1.29 is 37.8 Å². The first kappa shape index (κ1) is 49.7. The van der Waals surface area contributed by atoms with E-state index in [2.05, 4.69) is 26.2 Å². The maximum absolute atomic E-state index is 13.6. The highest BCUT2D eigenvalue weighted by Gasteiger charge is 2.30. The van der Waals surface area contributed by atoms with Crippen molar-refractivity contribution in [2.45, 2.75) is 82.7 Å². The fourth-order valence-electron chi connectivity index (χ4n) is 6.43. The van der Waals surface area contributed by atoms with Gasteiger partial charge < -0.3 is 41.1 Å². The summed E-state index contributed by atoms with van der Waals surface area (Å²) in [6.07, 6.45) is 1.15. The second kappa shape index (κ2) is 24.6. The van der Waals surface area contributed by atoms with Gasteiger partial charge in [0.25, 0.3) is 0 Å². The number of hydrogen-bond donors (Lipinski definition) is 4. The van der Waals surface area contributed by atoms with E-state index in [4.69, 9.17) is 54.0 Å². The molecule has 7 N–H and O–H groups in total. The van der Waals surface area contributed by atoms with Crippen molar-refractivity contribution in [1.29, 1.82) is 5.26 Å². The van der Waals surface area contributed by atoms with E-state index in [1.165, 1.54) is 18.0 Å². The van der Waals surface area contributed by atoms with Crippen LogP contribution in [0.3, 0.4) is 0 Å². The second-order valence-corrected chi connectivity index (χ2v) is 16.9. The summed E-state index contributed by atoms with van der Waals surface area (Å²) >= 11 is 7.22. The number of rotatable bonds is 24. The van der Waals surface area contributed by atoms with Gasteiger partial charge in [0.1, 0.15) is 54.0 Å². The summed E-state index contributed by atoms with van der Waals surface area (Å²) < 4.78 is 23.2. The third-order valence-electron chi connectivity index (χ3n) is 9.35. The highest BCUT2D eigenvalue weighted by atomic mass is 35.5. The number of benzene rings is 2. The van der Waals surface area contributed by atoms with E-state index in [1.54, 1.807) is 48.5 Å². The molecule has 4 aromatic rings. The van der Waals surface area contributed by atoms with Crippen LogP contribution in [-0.2, 0) is 34.4 Å². The fraction of sp³-hybridized carbons (Fsp3) is 0.422. The van der Waals surface area contributed by atoms with Crippen LogP contribution in [0.15, 0.2) is 64.2 Å². The van der Waals surface area contributed by atoms with E-state index >= 15 is 0 Å². The van der Waals surface area contributed by atoms with Crippen LogP contribution in [0, 0.1) is 35.7 Å². The number of oxazole rings is 1.